The predicted octanol–water partition coefficient (Wildman–Crippen LogP) is 5.42. The molecule has 6 heteroatoms. The largest absolute Gasteiger partial charge is 0.492 e. The van der Waals surface area contributed by atoms with Crippen molar-refractivity contribution in [2.75, 3.05) is 26.6 Å². The highest BCUT2D eigenvalue weighted by Crippen LogP contribution is 2.31. The number of nitrogens with zero attached hydrogens (tertiary/aromatic N) is 1. The van der Waals surface area contributed by atoms with Gasteiger partial charge in [-0.3, -0.25) is 0 Å². The lowest BCUT2D eigenvalue weighted by atomic mass is 10.0. The van der Waals surface area contributed by atoms with E-state index in [0.29, 0.717) is 19.6 Å². The summed E-state index contributed by atoms with van der Waals surface area (Å²) in [5, 5.41) is 0. The van der Waals surface area contributed by atoms with Crippen LogP contribution in [0.5, 0.6) is 5.75 Å². The van der Waals surface area contributed by atoms with E-state index in [4.69, 9.17) is 14.2 Å². The number of benzene rings is 1. The summed E-state index contributed by atoms with van der Waals surface area (Å²) < 4.78 is 18.7. The number of carbonyl (C=O) groups excluding carboxylic acids is 1. The lowest BCUT2D eigenvalue weighted by molar-refractivity contribution is -0.153. The molecule has 1 atom stereocenters. The predicted molar refractivity (Wildman–Crippen MR) is 131 cm³/mol. The molecule has 0 saturated heterocycles. The van der Waals surface area contributed by atoms with Crippen LogP contribution in [-0.2, 0) is 27.2 Å². The van der Waals surface area contributed by atoms with Gasteiger partial charge in [-0.25, -0.2) is 4.79 Å². The van der Waals surface area contributed by atoms with Gasteiger partial charge in [0, 0.05) is 24.4 Å². The van der Waals surface area contributed by atoms with Crippen molar-refractivity contribution in [3.05, 3.63) is 70.4 Å². The fraction of sp³-hybridized carbons (Fsp3) is 0.423. The highest BCUT2D eigenvalue weighted by molar-refractivity contribution is 8.02. The molecule has 0 aliphatic heterocycles. The van der Waals surface area contributed by atoms with E-state index in [1.807, 2.05) is 43.0 Å². The molecule has 32 heavy (non-hydrogen) atoms. The highest BCUT2D eigenvalue weighted by atomic mass is 32.2. The number of aryl methyl sites for hydroxylation is 1. The molecule has 2 aromatic rings. The minimum Gasteiger partial charge on any atom is -0.492 e. The fourth-order valence-electron chi connectivity index (χ4n) is 3.88. The maximum atomic E-state index is 11.8. The van der Waals surface area contributed by atoms with Crippen molar-refractivity contribution in [2.45, 2.75) is 45.8 Å². The van der Waals surface area contributed by atoms with E-state index >= 15 is 0 Å². The van der Waals surface area contributed by atoms with Crippen LogP contribution < -0.4 is 4.74 Å². The molecule has 172 valence electrons. The van der Waals surface area contributed by atoms with E-state index in [1.165, 1.54) is 29.0 Å². The Labute approximate surface area is 195 Å². The van der Waals surface area contributed by atoms with Crippen molar-refractivity contribution in [3.8, 4) is 5.75 Å². The van der Waals surface area contributed by atoms with Crippen LogP contribution in [0, 0.1) is 6.92 Å². The van der Waals surface area contributed by atoms with Crippen molar-refractivity contribution < 1.29 is 19.0 Å². The topological polar surface area (TPSA) is 49.7 Å². The van der Waals surface area contributed by atoms with Gasteiger partial charge < -0.3 is 18.8 Å². The molecule has 0 saturated carbocycles. The van der Waals surface area contributed by atoms with E-state index in [-0.39, 0.29) is 5.97 Å². The van der Waals surface area contributed by atoms with E-state index in [1.54, 1.807) is 0 Å². The van der Waals surface area contributed by atoms with Crippen LogP contribution in [0.4, 0.5) is 0 Å². The maximum Gasteiger partial charge on any atom is 0.335 e. The zero-order chi connectivity index (χ0) is 22.9. The molecule has 0 fully saturated rings. The first-order valence-corrected chi connectivity index (χ1v) is 12.3. The SMILES string of the molecule is CCOC(Cc1ccc(OCCn2c(C)ccc2C2=CC=C(SC)CC2)cc1)C(=O)OC. The Kier molecular flexibility index (Phi) is 9.06. The van der Waals surface area contributed by atoms with Gasteiger partial charge in [0.25, 0.3) is 0 Å². The molecule has 0 N–H and O–H groups in total. The second-order valence-corrected chi connectivity index (χ2v) is 8.64. The van der Waals surface area contributed by atoms with E-state index in [2.05, 4.69) is 42.0 Å². The summed E-state index contributed by atoms with van der Waals surface area (Å²) in [4.78, 5) is 13.3. The number of rotatable bonds is 11. The number of esters is 1. The van der Waals surface area contributed by atoms with Crippen LogP contribution in [0.15, 0.2) is 53.5 Å². The zero-order valence-electron chi connectivity index (χ0n) is 19.4. The lowest BCUT2D eigenvalue weighted by Gasteiger charge is -2.18. The van der Waals surface area contributed by atoms with Crippen LogP contribution in [0.2, 0.25) is 0 Å². The molecular formula is C26H33NO4S. The third-order valence-electron chi connectivity index (χ3n) is 5.66. The number of ether oxygens (including phenoxy) is 3. The Morgan fingerprint density at radius 1 is 1.12 bits per heavy atom. The summed E-state index contributed by atoms with van der Waals surface area (Å²) in [7, 11) is 1.38. The Morgan fingerprint density at radius 2 is 1.91 bits per heavy atom. The van der Waals surface area contributed by atoms with Crippen LogP contribution >= 0.6 is 11.8 Å². The number of hydrogen-bond donors (Lipinski definition) is 0. The second-order valence-electron chi connectivity index (χ2n) is 7.70. The summed E-state index contributed by atoms with van der Waals surface area (Å²) in [6.45, 7) is 5.86. The molecular weight excluding hydrogens is 422 g/mol. The average molecular weight is 456 g/mol. The monoisotopic (exact) mass is 455 g/mol. The number of hydrogen-bond acceptors (Lipinski definition) is 5. The maximum absolute atomic E-state index is 11.8. The van der Waals surface area contributed by atoms with Gasteiger partial charge in [-0.05, 0) is 73.3 Å². The van der Waals surface area contributed by atoms with E-state index < -0.39 is 6.10 Å². The number of methoxy groups -OCH3 is 1. The summed E-state index contributed by atoms with van der Waals surface area (Å²) >= 11 is 1.83. The first-order valence-electron chi connectivity index (χ1n) is 11.1. The molecule has 0 radical (unpaired) electrons. The molecule has 5 nitrogen and oxygen atoms in total. The quantitative estimate of drug-likeness (QED) is 0.424. The third kappa shape index (κ3) is 6.30. The first kappa shape index (κ1) is 24.2. The average Bonchev–Trinajstić information content (AvgIpc) is 3.19. The van der Waals surface area contributed by atoms with Crippen LogP contribution in [0.25, 0.3) is 5.57 Å². The molecule has 0 spiro atoms. The summed E-state index contributed by atoms with van der Waals surface area (Å²) in [6, 6.07) is 12.2. The van der Waals surface area contributed by atoms with Gasteiger partial charge in [-0.1, -0.05) is 24.3 Å². The lowest BCUT2D eigenvalue weighted by Crippen LogP contribution is -2.28. The minimum absolute atomic E-state index is 0.349. The van der Waals surface area contributed by atoms with Gasteiger partial charge in [0.2, 0.25) is 0 Å². The van der Waals surface area contributed by atoms with Gasteiger partial charge in [0.15, 0.2) is 6.10 Å². The standard InChI is InChI=1S/C26H33NO4S/c1-5-30-25(26(28)29-3)18-20-7-11-22(12-8-20)31-17-16-27-19(2)6-15-24(27)21-9-13-23(32-4)14-10-21/h6-9,11-13,15,25H,5,10,14,16-18H2,1-4H3. The van der Waals surface area contributed by atoms with Crippen LogP contribution in [0.3, 0.4) is 0 Å². The van der Waals surface area contributed by atoms with E-state index in [9.17, 15) is 4.79 Å². The van der Waals surface area contributed by atoms with Crippen molar-refractivity contribution in [1.82, 2.24) is 4.57 Å². The molecule has 1 aromatic carbocycles. The van der Waals surface area contributed by atoms with Gasteiger partial charge in [0.1, 0.15) is 12.4 Å². The first-order chi connectivity index (χ1) is 15.5. The molecule has 0 amide bonds. The number of carbonyl (C=O) groups is 1. The summed E-state index contributed by atoms with van der Waals surface area (Å²) in [6.07, 6.45) is 8.72. The molecule has 1 aliphatic carbocycles. The van der Waals surface area contributed by atoms with Crippen molar-refractivity contribution >= 4 is 23.3 Å². The molecule has 0 bridgehead atoms. The molecule has 1 aromatic heterocycles. The second kappa shape index (κ2) is 12.0. The van der Waals surface area contributed by atoms with Gasteiger partial charge in [-0.15, -0.1) is 11.8 Å². The minimum atomic E-state index is -0.581. The third-order valence-corrected chi connectivity index (χ3v) is 6.53. The smallest absolute Gasteiger partial charge is 0.335 e. The number of allylic oxidation sites excluding steroid dienone is 4. The molecule has 3 rings (SSSR count). The van der Waals surface area contributed by atoms with Gasteiger partial charge in [-0.2, -0.15) is 0 Å². The van der Waals surface area contributed by atoms with Crippen molar-refractivity contribution in [3.63, 3.8) is 0 Å². The molecule has 1 heterocycles. The number of thioether (sulfide) groups is 1. The summed E-state index contributed by atoms with van der Waals surface area (Å²) in [5.41, 5.74) is 4.91. The zero-order valence-corrected chi connectivity index (χ0v) is 20.2. The Bertz CT molecular complexity index is 959. The van der Waals surface area contributed by atoms with Crippen molar-refractivity contribution in [1.29, 1.82) is 0 Å². The Hall–Kier alpha value is -2.44. The highest BCUT2D eigenvalue weighted by Gasteiger charge is 2.19. The summed E-state index contributed by atoms with van der Waals surface area (Å²) in [5.74, 6) is 0.467. The Balaban J connectivity index is 1.57. The van der Waals surface area contributed by atoms with Crippen LogP contribution in [-0.4, -0.2) is 43.2 Å². The fourth-order valence-corrected chi connectivity index (χ4v) is 4.39. The Morgan fingerprint density at radius 3 is 2.53 bits per heavy atom. The molecule has 1 unspecified atom stereocenters. The normalized spacial score (nSPS) is 14.5. The van der Waals surface area contributed by atoms with Crippen molar-refractivity contribution in [2.24, 2.45) is 0 Å². The van der Waals surface area contributed by atoms with Gasteiger partial charge >= 0.3 is 5.97 Å². The van der Waals surface area contributed by atoms with Crippen LogP contribution in [0.1, 0.15) is 36.7 Å². The molecule has 1 aliphatic rings. The van der Waals surface area contributed by atoms with E-state index in [0.717, 1.165) is 30.7 Å². The number of aromatic nitrogens is 1. The van der Waals surface area contributed by atoms with Gasteiger partial charge in [0.05, 0.1) is 13.7 Å².